The second kappa shape index (κ2) is 7.97. The Morgan fingerprint density at radius 2 is 1.54 bits per heavy atom. The highest BCUT2D eigenvalue weighted by Gasteiger charge is 2.25. The van der Waals surface area contributed by atoms with Crippen LogP contribution in [0.15, 0.2) is 60.7 Å². The average Bonchev–Trinajstić information content (AvgIpc) is 2.63. The second-order valence-corrected chi connectivity index (χ2v) is 6.16. The molecule has 1 aliphatic heterocycles. The van der Waals surface area contributed by atoms with Crippen molar-refractivity contribution in [2.24, 2.45) is 0 Å². The molecule has 1 aliphatic rings. The van der Waals surface area contributed by atoms with Gasteiger partial charge in [0.25, 0.3) is 5.91 Å². The number of hydrogen-bond donors (Lipinski definition) is 0. The number of ether oxygens (including phenoxy) is 1. The number of piperazine rings is 1. The predicted octanol–water partition coefficient (Wildman–Crippen LogP) is 2.80. The van der Waals surface area contributed by atoms with Gasteiger partial charge in [0.05, 0.1) is 0 Å². The van der Waals surface area contributed by atoms with Crippen molar-refractivity contribution >= 4 is 5.91 Å². The van der Waals surface area contributed by atoms with Gasteiger partial charge in [0.1, 0.15) is 5.75 Å². The summed E-state index contributed by atoms with van der Waals surface area (Å²) < 4.78 is 5.75. The molecule has 0 spiro atoms. The molecular formula is C20H24N2O2. The summed E-state index contributed by atoms with van der Waals surface area (Å²) in [6.45, 7) is 6.09. The van der Waals surface area contributed by atoms with Gasteiger partial charge < -0.3 is 9.64 Å². The smallest absolute Gasteiger partial charge is 0.263 e. The summed E-state index contributed by atoms with van der Waals surface area (Å²) >= 11 is 0. The van der Waals surface area contributed by atoms with Crippen LogP contribution in [-0.2, 0) is 11.3 Å². The Hall–Kier alpha value is -2.33. The van der Waals surface area contributed by atoms with Gasteiger partial charge in [-0.2, -0.15) is 0 Å². The van der Waals surface area contributed by atoms with Crippen molar-refractivity contribution in [2.45, 2.75) is 19.6 Å². The fraction of sp³-hybridized carbons (Fsp3) is 0.350. The Kier molecular flexibility index (Phi) is 5.49. The van der Waals surface area contributed by atoms with Crippen LogP contribution < -0.4 is 4.74 Å². The lowest BCUT2D eigenvalue weighted by Gasteiger charge is -2.35. The molecule has 0 bridgehead atoms. The third-order valence-electron chi connectivity index (χ3n) is 4.34. The molecule has 0 unspecified atom stereocenters. The SMILES string of the molecule is C[C@@H](Oc1ccccc1)C(=O)N1CCN(Cc2ccccc2)CC1. The fourth-order valence-corrected chi connectivity index (χ4v) is 2.98. The van der Waals surface area contributed by atoms with E-state index >= 15 is 0 Å². The molecule has 0 aliphatic carbocycles. The highest BCUT2D eigenvalue weighted by Crippen LogP contribution is 2.14. The van der Waals surface area contributed by atoms with Crippen molar-refractivity contribution in [1.29, 1.82) is 0 Å². The summed E-state index contributed by atoms with van der Waals surface area (Å²) in [5, 5.41) is 0. The molecule has 1 saturated heterocycles. The van der Waals surface area contributed by atoms with Crippen LogP contribution >= 0.6 is 0 Å². The van der Waals surface area contributed by atoms with Crippen molar-refractivity contribution in [3.63, 3.8) is 0 Å². The maximum atomic E-state index is 12.5. The first-order valence-corrected chi connectivity index (χ1v) is 8.49. The monoisotopic (exact) mass is 324 g/mol. The number of para-hydroxylation sites is 1. The molecule has 1 fully saturated rings. The van der Waals surface area contributed by atoms with E-state index in [1.54, 1.807) is 0 Å². The van der Waals surface area contributed by atoms with E-state index in [0.29, 0.717) is 0 Å². The minimum absolute atomic E-state index is 0.0678. The van der Waals surface area contributed by atoms with Crippen LogP contribution in [0.4, 0.5) is 0 Å². The van der Waals surface area contributed by atoms with Gasteiger partial charge in [-0.25, -0.2) is 0 Å². The molecule has 3 rings (SSSR count). The Labute approximate surface area is 143 Å². The van der Waals surface area contributed by atoms with Gasteiger partial charge in [-0.3, -0.25) is 9.69 Å². The average molecular weight is 324 g/mol. The van der Waals surface area contributed by atoms with Crippen LogP contribution in [0.5, 0.6) is 5.75 Å². The van der Waals surface area contributed by atoms with E-state index in [2.05, 4.69) is 29.2 Å². The molecule has 0 radical (unpaired) electrons. The first kappa shape index (κ1) is 16.5. The molecule has 24 heavy (non-hydrogen) atoms. The van der Waals surface area contributed by atoms with Crippen LogP contribution in [0.25, 0.3) is 0 Å². The highest BCUT2D eigenvalue weighted by molar-refractivity contribution is 5.81. The van der Waals surface area contributed by atoms with Gasteiger partial charge in [-0.1, -0.05) is 48.5 Å². The Morgan fingerprint density at radius 3 is 2.17 bits per heavy atom. The first-order chi connectivity index (χ1) is 11.7. The summed E-state index contributed by atoms with van der Waals surface area (Å²) in [4.78, 5) is 16.9. The summed E-state index contributed by atoms with van der Waals surface area (Å²) in [5.41, 5.74) is 1.32. The van der Waals surface area contributed by atoms with Crippen LogP contribution in [0.2, 0.25) is 0 Å². The number of rotatable bonds is 5. The lowest BCUT2D eigenvalue weighted by molar-refractivity contribution is -0.139. The van der Waals surface area contributed by atoms with E-state index in [0.717, 1.165) is 38.5 Å². The molecule has 0 saturated carbocycles. The predicted molar refractivity (Wildman–Crippen MR) is 94.8 cm³/mol. The first-order valence-electron chi connectivity index (χ1n) is 8.49. The molecular weight excluding hydrogens is 300 g/mol. The van der Waals surface area contributed by atoms with E-state index in [9.17, 15) is 4.79 Å². The van der Waals surface area contributed by atoms with Gasteiger partial charge in [-0.05, 0) is 24.6 Å². The molecule has 2 aromatic rings. The van der Waals surface area contributed by atoms with Gasteiger partial charge in [0, 0.05) is 32.7 Å². The maximum absolute atomic E-state index is 12.5. The Bertz CT molecular complexity index is 637. The van der Waals surface area contributed by atoms with Crippen molar-refractivity contribution in [2.75, 3.05) is 26.2 Å². The number of nitrogens with zero attached hydrogens (tertiary/aromatic N) is 2. The number of carbonyl (C=O) groups is 1. The molecule has 0 aromatic heterocycles. The quantitative estimate of drug-likeness (QED) is 0.848. The Morgan fingerprint density at radius 1 is 0.958 bits per heavy atom. The van der Waals surface area contributed by atoms with E-state index in [1.165, 1.54) is 5.56 Å². The van der Waals surface area contributed by atoms with Crippen molar-refractivity contribution in [1.82, 2.24) is 9.80 Å². The number of amides is 1. The number of benzene rings is 2. The lowest BCUT2D eigenvalue weighted by Crippen LogP contribution is -2.51. The largest absolute Gasteiger partial charge is 0.481 e. The standard InChI is InChI=1S/C20H24N2O2/c1-17(24-19-10-6-3-7-11-19)20(23)22-14-12-21(13-15-22)16-18-8-4-2-5-9-18/h2-11,17H,12-16H2,1H3/t17-/m1/s1. The molecule has 4 heteroatoms. The van der Waals surface area contributed by atoms with Crippen molar-refractivity contribution in [3.05, 3.63) is 66.2 Å². The molecule has 2 aromatic carbocycles. The minimum atomic E-state index is -0.451. The zero-order valence-corrected chi connectivity index (χ0v) is 14.1. The molecule has 1 atom stereocenters. The van der Waals surface area contributed by atoms with Crippen LogP contribution in [-0.4, -0.2) is 48.0 Å². The summed E-state index contributed by atoms with van der Waals surface area (Å²) in [6, 6.07) is 20.0. The Balaban J connectivity index is 1.48. The summed E-state index contributed by atoms with van der Waals surface area (Å²) in [6.07, 6.45) is -0.451. The zero-order chi connectivity index (χ0) is 16.8. The number of hydrogen-bond acceptors (Lipinski definition) is 3. The molecule has 1 amide bonds. The molecule has 126 valence electrons. The second-order valence-electron chi connectivity index (χ2n) is 6.16. The fourth-order valence-electron chi connectivity index (χ4n) is 2.98. The van der Waals surface area contributed by atoms with Gasteiger partial charge >= 0.3 is 0 Å². The molecule has 0 N–H and O–H groups in total. The number of carbonyl (C=O) groups excluding carboxylic acids is 1. The van der Waals surface area contributed by atoms with E-state index in [4.69, 9.17) is 4.74 Å². The van der Waals surface area contributed by atoms with E-state index in [1.807, 2.05) is 48.2 Å². The summed E-state index contributed by atoms with van der Waals surface area (Å²) in [5.74, 6) is 0.805. The normalized spacial score (nSPS) is 16.6. The van der Waals surface area contributed by atoms with Crippen molar-refractivity contribution < 1.29 is 9.53 Å². The third-order valence-corrected chi connectivity index (χ3v) is 4.34. The van der Waals surface area contributed by atoms with Gasteiger partial charge in [-0.15, -0.1) is 0 Å². The lowest BCUT2D eigenvalue weighted by atomic mass is 10.2. The van der Waals surface area contributed by atoms with Crippen molar-refractivity contribution in [3.8, 4) is 5.75 Å². The zero-order valence-electron chi connectivity index (χ0n) is 14.1. The maximum Gasteiger partial charge on any atom is 0.263 e. The van der Waals surface area contributed by atoms with Crippen LogP contribution in [0, 0.1) is 0 Å². The topological polar surface area (TPSA) is 32.8 Å². The van der Waals surface area contributed by atoms with Gasteiger partial charge in [0.2, 0.25) is 0 Å². The molecule has 1 heterocycles. The highest BCUT2D eigenvalue weighted by atomic mass is 16.5. The molecule has 4 nitrogen and oxygen atoms in total. The van der Waals surface area contributed by atoms with Gasteiger partial charge in [0.15, 0.2) is 6.10 Å². The third kappa shape index (κ3) is 4.36. The summed E-state index contributed by atoms with van der Waals surface area (Å²) in [7, 11) is 0. The minimum Gasteiger partial charge on any atom is -0.481 e. The van der Waals surface area contributed by atoms with Crippen LogP contribution in [0.1, 0.15) is 12.5 Å². The van der Waals surface area contributed by atoms with E-state index in [-0.39, 0.29) is 5.91 Å². The van der Waals surface area contributed by atoms with Crippen LogP contribution in [0.3, 0.4) is 0 Å². The van der Waals surface area contributed by atoms with E-state index < -0.39 is 6.10 Å².